The van der Waals surface area contributed by atoms with Crippen LogP contribution in [0.25, 0.3) is 0 Å². The summed E-state index contributed by atoms with van der Waals surface area (Å²) < 4.78 is 19.7. The average Bonchev–Trinajstić information content (AvgIpc) is 2.86. The van der Waals surface area contributed by atoms with Gasteiger partial charge in [-0.1, -0.05) is 74.5 Å². The van der Waals surface area contributed by atoms with Crippen LogP contribution in [0.1, 0.15) is 30.5 Å². The van der Waals surface area contributed by atoms with Gasteiger partial charge in [0.2, 0.25) is 11.8 Å². The number of halogens is 1. The fourth-order valence-electron chi connectivity index (χ4n) is 3.85. The molecule has 3 aromatic rings. The van der Waals surface area contributed by atoms with Gasteiger partial charge < -0.3 is 15.0 Å². The lowest BCUT2D eigenvalue weighted by molar-refractivity contribution is -0.140. The highest BCUT2D eigenvalue weighted by Gasteiger charge is 2.31. The molecule has 0 saturated carbocycles. The number of hydrogen-bond acceptors (Lipinski definition) is 3. The monoisotopic (exact) mass is 476 g/mol. The highest BCUT2D eigenvalue weighted by atomic mass is 19.1. The van der Waals surface area contributed by atoms with E-state index in [1.54, 1.807) is 30.2 Å². The fourth-order valence-corrected chi connectivity index (χ4v) is 3.85. The van der Waals surface area contributed by atoms with Gasteiger partial charge in [-0.2, -0.15) is 0 Å². The predicted molar refractivity (Wildman–Crippen MR) is 135 cm³/mol. The van der Waals surface area contributed by atoms with Crippen molar-refractivity contribution in [2.75, 3.05) is 13.7 Å². The molecule has 3 aromatic carbocycles. The Morgan fingerprint density at radius 3 is 2.31 bits per heavy atom. The number of nitrogens with one attached hydrogen (secondary N) is 1. The van der Waals surface area contributed by atoms with Gasteiger partial charge in [0.25, 0.3) is 0 Å². The molecule has 0 spiro atoms. The Morgan fingerprint density at radius 2 is 1.63 bits per heavy atom. The molecule has 0 fully saturated rings. The normalized spacial score (nSPS) is 11.7. The maximum Gasteiger partial charge on any atom is 0.243 e. The van der Waals surface area contributed by atoms with Crippen molar-refractivity contribution < 1.29 is 18.7 Å². The van der Waals surface area contributed by atoms with Crippen LogP contribution in [0.2, 0.25) is 0 Å². The van der Waals surface area contributed by atoms with Crippen molar-refractivity contribution >= 4 is 11.8 Å². The van der Waals surface area contributed by atoms with E-state index in [1.807, 2.05) is 68.4 Å². The lowest BCUT2D eigenvalue weighted by Crippen LogP contribution is -2.51. The molecule has 3 rings (SSSR count). The Kier molecular flexibility index (Phi) is 9.41. The first kappa shape index (κ1) is 25.9. The van der Waals surface area contributed by atoms with Gasteiger partial charge in [-0.3, -0.25) is 9.59 Å². The number of hydrogen-bond donors (Lipinski definition) is 1. The van der Waals surface area contributed by atoms with Crippen molar-refractivity contribution in [2.24, 2.45) is 5.92 Å². The molecule has 0 aromatic heterocycles. The van der Waals surface area contributed by atoms with E-state index in [0.717, 1.165) is 11.1 Å². The van der Waals surface area contributed by atoms with Gasteiger partial charge >= 0.3 is 0 Å². The highest BCUT2D eigenvalue weighted by molar-refractivity contribution is 5.88. The van der Waals surface area contributed by atoms with Crippen molar-refractivity contribution in [3.05, 3.63) is 101 Å². The molecule has 0 aliphatic rings. The van der Waals surface area contributed by atoms with Crippen molar-refractivity contribution in [1.29, 1.82) is 0 Å². The molecule has 6 heteroatoms. The third-order valence-electron chi connectivity index (χ3n) is 5.74. The number of nitrogens with zero attached hydrogens (tertiary/aromatic N) is 1. The first-order valence-corrected chi connectivity index (χ1v) is 11.8. The van der Waals surface area contributed by atoms with Crippen molar-refractivity contribution in [1.82, 2.24) is 10.2 Å². The van der Waals surface area contributed by atoms with E-state index >= 15 is 0 Å². The zero-order valence-electron chi connectivity index (χ0n) is 20.5. The summed E-state index contributed by atoms with van der Waals surface area (Å²) in [7, 11) is 1.58. The van der Waals surface area contributed by atoms with E-state index in [4.69, 9.17) is 4.74 Å². The molecule has 1 atom stereocenters. The second kappa shape index (κ2) is 12.7. The van der Waals surface area contributed by atoms with Gasteiger partial charge in [-0.05, 0) is 40.8 Å². The summed E-state index contributed by atoms with van der Waals surface area (Å²) in [6.07, 6.45) is 0.205. The van der Waals surface area contributed by atoms with Crippen molar-refractivity contribution in [2.45, 2.75) is 39.3 Å². The number of benzene rings is 3. The third-order valence-corrected chi connectivity index (χ3v) is 5.74. The summed E-state index contributed by atoms with van der Waals surface area (Å²) in [6.45, 7) is 4.73. The van der Waals surface area contributed by atoms with E-state index in [-0.39, 0.29) is 30.7 Å². The minimum Gasteiger partial charge on any atom is -0.497 e. The molecule has 0 radical (unpaired) electrons. The topological polar surface area (TPSA) is 58.6 Å². The molecule has 35 heavy (non-hydrogen) atoms. The first-order chi connectivity index (χ1) is 16.9. The largest absolute Gasteiger partial charge is 0.497 e. The smallest absolute Gasteiger partial charge is 0.243 e. The second-order valence-corrected chi connectivity index (χ2v) is 8.99. The van der Waals surface area contributed by atoms with Crippen LogP contribution >= 0.6 is 0 Å². The van der Waals surface area contributed by atoms with Crippen molar-refractivity contribution in [3.8, 4) is 5.75 Å². The zero-order chi connectivity index (χ0) is 25.2. The Hall–Kier alpha value is -3.67. The lowest BCUT2D eigenvalue weighted by atomic mass is 10.0. The van der Waals surface area contributed by atoms with Gasteiger partial charge in [0.1, 0.15) is 17.6 Å². The molecule has 184 valence electrons. The van der Waals surface area contributed by atoms with Gasteiger partial charge in [-0.25, -0.2) is 4.39 Å². The summed E-state index contributed by atoms with van der Waals surface area (Å²) in [5.74, 6) is -0.0675. The number of rotatable bonds is 11. The molecule has 1 N–H and O–H groups in total. The van der Waals surface area contributed by atoms with Crippen LogP contribution in [0.3, 0.4) is 0 Å². The van der Waals surface area contributed by atoms with Crippen LogP contribution in [0.5, 0.6) is 5.75 Å². The summed E-state index contributed by atoms with van der Waals surface area (Å²) in [5, 5.41) is 2.99. The first-order valence-electron chi connectivity index (χ1n) is 11.8. The van der Waals surface area contributed by atoms with E-state index in [1.165, 1.54) is 6.07 Å². The highest BCUT2D eigenvalue weighted by Crippen LogP contribution is 2.20. The molecular formula is C29H33FN2O3. The van der Waals surface area contributed by atoms with Crippen LogP contribution in [0, 0.1) is 11.7 Å². The van der Waals surface area contributed by atoms with Crippen LogP contribution in [0.15, 0.2) is 78.9 Å². The Balaban J connectivity index is 1.98. The van der Waals surface area contributed by atoms with Crippen LogP contribution in [-0.4, -0.2) is 36.4 Å². The standard InChI is InChI=1S/C29H33FN2O3/c1-21(2)19-31-29(34)27(17-22-10-5-4-6-11-22)32(20-23-12-9-14-25(16-23)35-3)28(33)18-24-13-7-8-15-26(24)30/h4-16,21,27H,17-20H2,1-3H3,(H,31,34)/t27-/m1/s1. The zero-order valence-corrected chi connectivity index (χ0v) is 20.5. The summed E-state index contributed by atoms with van der Waals surface area (Å²) in [4.78, 5) is 28.6. The maximum absolute atomic E-state index is 14.4. The molecule has 0 unspecified atom stereocenters. The van der Waals surface area contributed by atoms with E-state index < -0.39 is 11.9 Å². The summed E-state index contributed by atoms with van der Waals surface area (Å²) >= 11 is 0. The molecular weight excluding hydrogens is 443 g/mol. The molecule has 5 nitrogen and oxygen atoms in total. The number of ether oxygens (including phenoxy) is 1. The minimum atomic E-state index is -0.762. The molecule has 2 amide bonds. The fraction of sp³-hybridized carbons (Fsp3) is 0.310. The Labute approximate surface area is 206 Å². The average molecular weight is 477 g/mol. The lowest BCUT2D eigenvalue weighted by Gasteiger charge is -2.32. The summed E-state index contributed by atoms with van der Waals surface area (Å²) in [5.41, 5.74) is 2.06. The van der Waals surface area contributed by atoms with E-state index in [0.29, 0.717) is 24.3 Å². The number of carbonyl (C=O) groups is 2. The Morgan fingerprint density at radius 1 is 0.943 bits per heavy atom. The SMILES string of the molecule is COc1cccc(CN(C(=O)Cc2ccccc2F)[C@H](Cc2ccccc2)C(=O)NCC(C)C)c1. The van der Waals surface area contributed by atoms with Gasteiger partial charge in [0, 0.05) is 19.5 Å². The van der Waals surface area contributed by atoms with E-state index in [9.17, 15) is 14.0 Å². The molecule has 0 bridgehead atoms. The third kappa shape index (κ3) is 7.67. The Bertz CT molecular complexity index is 1120. The summed E-state index contributed by atoms with van der Waals surface area (Å²) in [6, 6.07) is 22.5. The molecule has 0 aliphatic heterocycles. The second-order valence-electron chi connectivity index (χ2n) is 8.99. The molecule has 0 aliphatic carbocycles. The maximum atomic E-state index is 14.4. The number of methoxy groups -OCH3 is 1. The minimum absolute atomic E-state index is 0.139. The van der Waals surface area contributed by atoms with Crippen LogP contribution in [0.4, 0.5) is 4.39 Å². The molecule has 0 saturated heterocycles. The van der Waals surface area contributed by atoms with Gasteiger partial charge in [-0.15, -0.1) is 0 Å². The van der Waals surface area contributed by atoms with Crippen LogP contribution in [-0.2, 0) is 29.0 Å². The van der Waals surface area contributed by atoms with E-state index in [2.05, 4.69) is 5.32 Å². The quantitative estimate of drug-likeness (QED) is 0.433. The van der Waals surface area contributed by atoms with Gasteiger partial charge in [0.05, 0.1) is 13.5 Å². The van der Waals surface area contributed by atoms with Gasteiger partial charge in [0.15, 0.2) is 0 Å². The molecule has 0 heterocycles. The number of carbonyl (C=O) groups excluding carboxylic acids is 2. The number of amides is 2. The van der Waals surface area contributed by atoms with Crippen molar-refractivity contribution in [3.63, 3.8) is 0 Å². The predicted octanol–water partition coefficient (Wildman–Crippen LogP) is 4.79. The van der Waals surface area contributed by atoms with Crippen LogP contribution < -0.4 is 10.1 Å².